The van der Waals surface area contributed by atoms with Crippen LogP contribution < -0.4 is 5.43 Å². The van der Waals surface area contributed by atoms with E-state index in [1.807, 2.05) is 19.9 Å². The number of nitrogens with zero attached hydrogens (tertiary/aromatic N) is 3. The zero-order valence-corrected chi connectivity index (χ0v) is 16.4. The monoisotopic (exact) mass is 366 g/mol. The van der Waals surface area contributed by atoms with Gasteiger partial charge < -0.3 is 9.47 Å². The molecule has 142 valence electrons. The van der Waals surface area contributed by atoms with Crippen molar-refractivity contribution < 1.29 is 9.59 Å². The first-order valence-corrected chi connectivity index (χ1v) is 9.27. The lowest BCUT2D eigenvalue weighted by Crippen LogP contribution is -2.39. The number of hydrogen-bond donors (Lipinski definition) is 1. The second kappa shape index (κ2) is 7.78. The van der Waals surface area contributed by atoms with Gasteiger partial charge in [-0.25, -0.2) is 5.43 Å². The van der Waals surface area contributed by atoms with Crippen molar-refractivity contribution in [2.24, 2.45) is 5.10 Å². The standard InChI is InChI=1S/C21H26N4O2/c1-14-7-8-15(2)19(11-14)25-16(3)12-18(17(25)4)13-22-23-20(26)21(27)24-9-5-6-10-24/h7-8,11-13H,5-6,9-10H2,1-4H3,(H,23,26). The highest BCUT2D eigenvalue weighted by Gasteiger charge is 2.24. The van der Waals surface area contributed by atoms with Crippen molar-refractivity contribution in [1.82, 2.24) is 14.9 Å². The number of nitrogens with one attached hydrogen (secondary N) is 1. The molecule has 2 amide bonds. The summed E-state index contributed by atoms with van der Waals surface area (Å²) >= 11 is 0. The van der Waals surface area contributed by atoms with Gasteiger partial charge in [0.25, 0.3) is 0 Å². The third kappa shape index (κ3) is 3.94. The van der Waals surface area contributed by atoms with Crippen LogP contribution in [0.3, 0.4) is 0 Å². The molecule has 1 aliphatic heterocycles. The van der Waals surface area contributed by atoms with Crippen molar-refractivity contribution in [3.8, 4) is 5.69 Å². The first-order chi connectivity index (χ1) is 12.9. The molecule has 0 unspecified atom stereocenters. The summed E-state index contributed by atoms with van der Waals surface area (Å²) in [5, 5.41) is 4.00. The highest BCUT2D eigenvalue weighted by molar-refractivity contribution is 6.35. The quantitative estimate of drug-likeness (QED) is 0.516. The van der Waals surface area contributed by atoms with E-state index < -0.39 is 11.8 Å². The van der Waals surface area contributed by atoms with E-state index in [1.165, 1.54) is 11.1 Å². The van der Waals surface area contributed by atoms with Gasteiger partial charge in [-0.2, -0.15) is 5.10 Å². The van der Waals surface area contributed by atoms with Crippen LogP contribution in [0.15, 0.2) is 29.4 Å². The van der Waals surface area contributed by atoms with E-state index in [1.54, 1.807) is 11.1 Å². The Morgan fingerprint density at radius 3 is 2.48 bits per heavy atom. The number of likely N-dealkylation sites (tertiary alicyclic amines) is 1. The molecule has 0 bridgehead atoms. The largest absolute Gasteiger partial charge is 0.334 e. The maximum absolute atomic E-state index is 12.0. The third-order valence-corrected chi connectivity index (χ3v) is 5.03. The Balaban J connectivity index is 1.76. The van der Waals surface area contributed by atoms with E-state index in [4.69, 9.17) is 0 Å². The van der Waals surface area contributed by atoms with Crippen molar-refractivity contribution in [3.63, 3.8) is 0 Å². The molecule has 1 aromatic heterocycles. The van der Waals surface area contributed by atoms with Crippen molar-refractivity contribution >= 4 is 18.0 Å². The molecule has 0 spiro atoms. The average molecular weight is 366 g/mol. The van der Waals surface area contributed by atoms with Crippen LogP contribution in [0.5, 0.6) is 0 Å². The number of benzene rings is 1. The fraction of sp³-hybridized carbons (Fsp3) is 0.381. The Hall–Kier alpha value is -2.89. The lowest BCUT2D eigenvalue weighted by atomic mass is 10.1. The molecule has 1 aromatic carbocycles. The summed E-state index contributed by atoms with van der Waals surface area (Å²) < 4.78 is 2.18. The van der Waals surface area contributed by atoms with Crippen LogP contribution in [0.4, 0.5) is 0 Å². The van der Waals surface area contributed by atoms with Gasteiger partial charge in [-0.05, 0) is 63.8 Å². The van der Waals surface area contributed by atoms with Crippen LogP contribution >= 0.6 is 0 Å². The number of aryl methyl sites for hydroxylation is 3. The van der Waals surface area contributed by atoms with Crippen molar-refractivity contribution in [2.45, 2.75) is 40.5 Å². The summed E-state index contributed by atoms with van der Waals surface area (Å²) in [7, 11) is 0. The van der Waals surface area contributed by atoms with Crippen LogP contribution in [0, 0.1) is 27.7 Å². The number of rotatable bonds is 3. The summed E-state index contributed by atoms with van der Waals surface area (Å²) in [5.41, 5.74) is 8.90. The Kier molecular flexibility index (Phi) is 5.44. The Labute approximate surface area is 159 Å². The van der Waals surface area contributed by atoms with Crippen molar-refractivity contribution in [1.29, 1.82) is 0 Å². The molecule has 1 aliphatic rings. The van der Waals surface area contributed by atoms with Gasteiger partial charge >= 0.3 is 11.8 Å². The molecule has 0 aliphatic carbocycles. The first kappa shape index (κ1) is 18.9. The van der Waals surface area contributed by atoms with Gasteiger partial charge in [0.2, 0.25) is 0 Å². The van der Waals surface area contributed by atoms with Gasteiger partial charge in [-0.3, -0.25) is 9.59 Å². The summed E-state index contributed by atoms with van der Waals surface area (Å²) in [5.74, 6) is -1.19. The van der Waals surface area contributed by atoms with E-state index >= 15 is 0 Å². The maximum atomic E-state index is 12.0. The smallest absolute Gasteiger partial charge is 0.329 e. The number of carbonyl (C=O) groups excluding carboxylic acids is 2. The summed E-state index contributed by atoms with van der Waals surface area (Å²) in [6.07, 6.45) is 3.50. The van der Waals surface area contributed by atoms with Gasteiger partial charge in [-0.15, -0.1) is 0 Å². The molecule has 6 heteroatoms. The first-order valence-electron chi connectivity index (χ1n) is 9.27. The molecule has 2 aromatic rings. The van der Waals surface area contributed by atoms with E-state index in [2.05, 4.69) is 47.1 Å². The number of hydrazone groups is 1. The Morgan fingerprint density at radius 2 is 1.78 bits per heavy atom. The molecular weight excluding hydrogens is 340 g/mol. The molecule has 6 nitrogen and oxygen atoms in total. The normalized spacial score (nSPS) is 14.1. The topological polar surface area (TPSA) is 66.7 Å². The fourth-order valence-corrected chi connectivity index (χ4v) is 3.52. The number of hydrogen-bond acceptors (Lipinski definition) is 3. The number of aromatic nitrogens is 1. The van der Waals surface area contributed by atoms with Crippen LogP contribution in [0.25, 0.3) is 5.69 Å². The second-order valence-electron chi connectivity index (χ2n) is 7.15. The Morgan fingerprint density at radius 1 is 1.07 bits per heavy atom. The Bertz CT molecular complexity index is 905. The van der Waals surface area contributed by atoms with Crippen LogP contribution in [-0.2, 0) is 9.59 Å². The summed E-state index contributed by atoms with van der Waals surface area (Å²) in [4.78, 5) is 25.5. The van der Waals surface area contributed by atoms with E-state index in [0.29, 0.717) is 13.1 Å². The van der Waals surface area contributed by atoms with Crippen LogP contribution in [0.2, 0.25) is 0 Å². The molecule has 0 radical (unpaired) electrons. The lowest BCUT2D eigenvalue weighted by molar-refractivity contribution is -0.145. The zero-order valence-electron chi connectivity index (χ0n) is 16.4. The molecule has 1 fully saturated rings. The SMILES string of the molecule is Cc1ccc(C)c(-n2c(C)cc(C=NNC(=O)C(=O)N3CCCC3)c2C)c1. The predicted molar refractivity (Wildman–Crippen MR) is 106 cm³/mol. The minimum Gasteiger partial charge on any atom is -0.334 e. The molecule has 0 atom stereocenters. The summed E-state index contributed by atoms with van der Waals surface area (Å²) in [6.45, 7) is 9.52. The van der Waals surface area contributed by atoms with Gasteiger partial charge in [0.15, 0.2) is 0 Å². The van der Waals surface area contributed by atoms with Gasteiger partial charge in [0.1, 0.15) is 0 Å². The second-order valence-corrected chi connectivity index (χ2v) is 7.15. The molecular formula is C21H26N4O2. The average Bonchev–Trinajstić information content (AvgIpc) is 3.26. The van der Waals surface area contributed by atoms with E-state index in [9.17, 15) is 9.59 Å². The summed E-state index contributed by atoms with van der Waals surface area (Å²) in [6, 6.07) is 8.39. The third-order valence-electron chi connectivity index (χ3n) is 5.03. The molecule has 27 heavy (non-hydrogen) atoms. The lowest BCUT2D eigenvalue weighted by Gasteiger charge is -2.13. The van der Waals surface area contributed by atoms with Crippen molar-refractivity contribution in [3.05, 3.63) is 52.3 Å². The predicted octanol–water partition coefficient (Wildman–Crippen LogP) is 2.78. The van der Waals surface area contributed by atoms with E-state index in [-0.39, 0.29) is 0 Å². The van der Waals surface area contributed by atoms with Crippen LogP contribution in [0.1, 0.15) is 40.9 Å². The maximum Gasteiger partial charge on any atom is 0.329 e. The highest BCUT2D eigenvalue weighted by atomic mass is 16.2. The minimum atomic E-state index is -0.684. The molecule has 1 saturated heterocycles. The van der Waals surface area contributed by atoms with Gasteiger partial charge in [0, 0.05) is 35.7 Å². The van der Waals surface area contributed by atoms with E-state index in [0.717, 1.165) is 35.5 Å². The minimum absolute atomic E-state index is 0.509. The highest BCUT2D eigenvalue weighted by Crippen LogP contribution is 2.23. The van der Waals surface area contributed by atoms with Gasteiger partial charge in [0.05, 0.1) is 6.21 Å². The molecule has 1 N–H and O–H groups in total. The fourth-order valence-electron chi connectivity index (χ4n) is 3.52. The number of carbonyl (C=O) groups is 2. The molecule has 0 saturated carbocycles. The molecule has 3 rings (SSSR count). The molecule has 2 heterocycles. The van der Waals surface area contributed by atoms with Gasteiger partial charge in [-0.1, -0.05) is 12.1 Å². The zero-order chi connectivity index (χ0) is 19.6. The van der Waals surface area contributed by atoms with Crippen molar-refractivity contribution in [2.75, 3.05) is 13.1 Å². The number of amides is 2. The van der Waals surface area contributed by atoms with Crippen LogP contribution in [-0.4, -0.2) is 40.6 Å².